The van der Waals surface area contributed by atoms with Crippen LogP contribution in [0.3, 0.4) is 0 Å². The van der Waals surface area contributed by atoms with Gasteiger partial charge >= 0.3 is 0 Å². The Morgan fingerprint density at radius 3 is 2.79 bits per heavy atom. The highest BCUT2D eigenvalue weighted by molar-refractivity contribution is 9.10. The summed E-state index contributed by atoms with van der Waals surface area (Å²) in [6.45, 7) is 1.90. The lowest BCUT2D eigenvalue weighted by molar-refractivity contribution is -0.384. The highest BCUT2D eigenvalue weighted by Crippen LogP contribution is 2.35. The van der Waals surface area contributed by atoms with Gasteiger partial charge in [-0.15, -0.1) is 0 Å². The summed E-state index contributed by atoms with van der Waals surface area (Å²) in [5, 5.41) is 10.8. The zero-order chi connectivity index (χ0) is 14.0. The lowest BCUT2D eigenvalue weighted by Crippen LogP contribution is -1.93. The van der Waals surface area contributed by atoms with Crippen molar-refractivity contribution in [1.29, 1.82) is 0 Å². The van der Waals surface area contributed by atoms with Gasteiger partial charge in [-0.25, -0.2) is 4.98 Å². The molecule has 0 bridgehead atoms. The second kappa shape index (κ2) is 5.54. The minimum Gasteiger partial charge on any atom is -0.436 e. The number of pyridine rings is 1. The summed E-state index contributed by atoms with van der Waals surface area (Å²) in [6, 6.07) is 5.83. The number of ether oxygens (including phenoxy) is 1. The number of halogens is 2. The zero-order valence-electron chi connectivity index (χ0n) is 9.76. The molecule has 0 aliphatic rings. The molecule has 5 nitrogen and oxygen atoms in total. The molecule has 0 spiro atoms. The molecule has 0 saturated carbocycles. The van der Waals surface area contributed by atoms with Crippen molar-refractivity contribution in [2.45, 2.75) is 6.92 Å². The van der Waals surface area contributed by atoms with Gasteiger partial charge < -0.3 is 4.74 Å². The molecule has 0 amide bonds. The number of aromatic nitrogens is 1. The number of rotatable bonds is 3. The average Bonchev–Trinajstić information content (AvgIpc) is 2.37. The standard InChI is InChI=1S/C12H8BrClN2O3/c1-7-4-5-15-12(11(7)13)19-10-3-2-8(16(17)18)6-9(10)14/h2-6H,1H3. The highest BCUT2D eigenvalue weighted by Gasteiger charge is 2.13. The van der Waals surface area contributed by atoms with Gasteiger partial charge in [0.2, 0.25) is 5.88 Å². The minimum absolute atomic E-state index is 0.0892. The number of benzene rings is 1. The first-order valence-electron chi connectivity index (χ1n) is 5.22. The first-order valence-corrected chi connectivity index (χ1v) is 6.39. The summed E-state index contributed by atoms with van der Waals surface area (Å²) in [5.74, 6) is 0.668. The molecule has 2 aromatic rings. The van der Waals surface area contributed by atoms with Crippen LogP contribution in [0.5, 0.6) is 11.6 Å². The monoisotopic (exact) mass is 342 g/mol. The van der Waals surface area contributed by atoms with Gasteiger partial charge in [-0.1, -0.05) is 11.6 Å². The fraction of sp³-hybridized carbons (Fsp3) is 0.0833. The number of non-ortho nitro benzene ring substituents is 1. The third-order valence-electron chi connectivity index (χ3n) is 2.38. The van der Waals surface area contributed by atoms with Crippen molar-refractivity contribution in [2.24, 2.45) is 0 Å². The molecule has 1 heterocycles. The van der Waals surface area contributed by atoms with Crippen LogP contribution in [0.15, 0.2) is 34.9 Å². The Kier molecular flexibility index (Phi) is 4.01. The van der Waals surface area contributed by atoms with Crippen molar-refractivity contribution in [2.75, 3.05) is 0 Å². The molecule has 0 saturated heterocycles. The number of nitrogens with zero attached hydrogens (tertiary/aromatic N) is 2. The van der Waals surface area contributed by atoms with Crippen molar-refractivity contribution < 1.29 is 9.66 Å². The molecule has 0 aliphatic carbocycles. The van der Waals surface area contributed by atoms with Gasteiger partial charge in [0.1, 0.15) is 5.75 Å². The first kappa shape index (κ1) is 13.8. The molecule has 2 rings (SSSR count). The third-order valence-corrected chi connectivity index (χ3v) is 3.64. The molecular weight excluding hydrogens is 336 g/mol. The predicted octanol–water partition coefficient (Wildman–Crippen LogP) is 4.51. The predicted molar refractivity (Wildman–Crippen MR) is 74.9 cm³/mol. The van der Waals surface area contributed by atoms with Gasteiger partial charge in [0.05, 0.1) is 14.4 Å². The maximum Gasteiger partial charge on any atom is 0.271 e. The maximum absolute atomic E-state index is 10.6. The van der Waals surface area contributed by atoms with E-state index in [1.165, 1.54) is 18.2 Å². The highest BCUT2D eigenvalue weighted by atomic mass is 79.9. The van der Waals surface area contributed by atoms with E-state index in [0.717, 1.165) is 5.56 Å². The number of hydrogen-bond acceptors (Lipinski definition) is 4. The van der Waals surface area contributed by atoms with Crippen LogP contribution in [-0.4, -0.2) is 9.91 Å². The second-order valence-corrected chi connectivity index (χ2v) is 4.92. The van der Waals surface area contributed by atoms with Crippen LogP contribution in [-0.2, 0) is 0 Å². The summed E-state index contributed by atoms with van der Waals surface area (Å²) in [6.07, 6.45) is 1.61. The normalized spacial score (nSPS) is 10.3. The topological polar surface area (TPSA) is 65.3 Å². The van der Waals surface area contributed by atoms with Crippen LogP contribution < -0.4 is 4.74 Å². The molecule has 0 N–H and O–H groups in total. The quantitative estimate of drug-likeness (QED) is 0.607. The van der Waals surface area contributed by atoms with Crippen LogP contribution in [0, 0.1) is 17.0 Å². The zero-order valence-corrected chi connectivity index (χ0v) is 12.1. The maximum atomic E-state index is 10.6. The van der Waals surface area contributed by atoms with E-state index in [4.69, 9.17) is 16.3 Å². The van der Waals surface area contributed by atoms with Crippen molar-refractivity contribution >= 4 is 33.2 Å². The van der Waals surface area contributed by atoms with E-state index in [2.05, 4.69) is 20.9 Å². The fourth-order valence-corrected chi connectivity index (χ4v) is 1.91. The summed E-state index contributed by atoms with van der Waals surface area (Å²) in [4.78, 5) is 14.2. The number of nitro benzene ring substituents is 1. The lowest BCUT2D eigenvalue weighted by atomic mass is 10.3. The van der Waals surface area contributed by atoms with Crippen LogP contribution in [0.4, 0.5) is 5.69 Å². The van der Waals surface area contributed by atoms with Crippen LogP contribution >= 0.6 is 27.5 Å². The van der Waals surface area contributed by atoms with Crippen LogP contribution in [0.1, 0.15) is 5.56 Å². The molecular formula is C12H8BrClN2O3. The molecule has 98 valence electrons. The minimum atomic E-state index is -0.517. The van der Waals surface area contributed by atoms with E-state index >= 15 is 0 Å². The summed E-state index contributed by atoms with van der Waals surface area (Å²) >= 11 is 9.30. The van der Waals surface area contributed by atoms with Gasteiger partial charge in [-0.05, 0) is 40.5 Å². The Morgan fingerprint density at radius 1 is 1.42 bits per heavy atom. The number of nitro groups is 1. The average molecular weight is 344 g/mol. The summed E-state index contributed by atoms with van der Waals surface area (Å²) < 4.78 is 6.26. The molecule has 0 aliphatic heterocycles. The molecule has 0 fully saturated rings. The Balaban J connectivity index is 2.34. The van der Waals surface area contributed by atoms with Gasteiger partial charge in [0.25, 0.3) is 5.69 Å². The number of aryl methyl sites for hydroxylation is 1. The summed E-state index contributed by atoms with van der Waals surface area (Å²) in [7, 11) is 0. The smallest absolute Gasteiger partial charge is 0.271 e. The van der Waals surface area contributed by atoms with Crippen molar-refractivity contribution in [1.82, 2.24) is 4.98 Å². The molecule has 7 heteroatoms. The second-order valence-electron chi connectivity index (χ2n) is 3.72. The number of hydrogen-bond donors (Lipinski definition) is 0. The Labute approximate surface area is 122 Å². The van der Waals surface area contributed by atoms with Crippen molar-refractivity contribution in [3.05, 3.63) is 55.6 Å². The van der Waals surface area contributed by atoms with E-state index in [0.29, 0.717) is 16.1 Å². The van der Waals surface area contributed by atoms with Gasteiger partial charge in [0, 0.05) is 18.3 Å². The van der Waals surface area contributed by atoms with Gasteiger partial charge in [-0.3, -0.25) is 10.1 Å². The molecule has 0 unspecified atom stereocenters. The molecule has 0 atom stereocenters. The Bertz CT molecular complexity index is 649. The third kappa shape index (κ3) is 3.02. The Hall–Kier alpha value is -1.66. The molecule has 0 radical (unpaired) electrons. The molecule has 19 heavy (non-hydrogen) atoms. The van der Waals surface area contributed by atoms with Crippen LogP contribution in [0.25, 0.3) is 0 Å². The largest absolute Gasteiger partial charge is 0.436 e. The van der Waals surface area contributed by atoms with Crippen LogP contribution in [0.2, 0.25) is 5.02 Å². The summed E-state index contributed by atoms with van der Waals surface area (Å²) in [5.41, 5.74) is 0.872. The van der Waals surface area contributed by atoms with E-state index in [-0.39, 0.29) is 10.7 Å². The lowest BCUT2D eigenvalue weighted by Gasteiger charge is -2.09. The van der Waals surface area contributed by atoms with E-state index < -0.39 is 4.92 Å². The first-order chi connectivity index (χ1) is 8.99. The van der Waals surface area contributed by atoms with E-state index in [9.17, 15) is 10.1 Å². The van der Waals surface area contributed by atoms with Crippen molar-refractivity contribution in [3.8, 4) is 11.6 Å². The molecule has 1 aromatic carbocycles. The van der Waals surface area contributed by atoms with Gasteiger partial charge in [-0.2, -0.15) is 0 Å². The SMILES string of the molecule is Cc1ccnc(Oc2ccc([N+](=O)[O-])cc2Cl)c1Br. The van der Waals surface area contributed by atoms with Crippen molar-refractivity contribution in [3.63, 3.8) is 0 Å². The fourth-order valence-electron chi connectivity index (χ4n) is 1.38. The van der Waals surface area contributed by atoms with E-state index in [1.54, 1.807) is 6.20 Å². The molecule has 1 aromatic heterocycles. The van der Waals surface area contributed by atoms with E-state index in [1.807, 2.05) is 13.0 Å². The Morgan fingerprint density at radius 2 is 2.16 bits per heavy atom. The van der Waals surface area contributed by atoms with Gasteiger partial charge in [0.15, 0.2) is 0 Å².